The number of amides is 1. The van der Waals surface area contributed by atoms with Crippen molar-refractivity contribution in [3.05, 3.63) is 42.0 Å². The van der Waals surface area contributed by atoms with Crippen LogP contribution in [0.15, 0.2) is 46.4 Å². The number of likely N-dealkylation sites (N-methyl/N-ethyl adjacent to an activating group) is 1. The Hall–Kier alpha value is -3.13. The van der Waals surface area contributed by atoms with Gasteiger partial charge in [-0.25, -0.2) is 18.4 Å². The molecule has 5 rings (SSSR count). The second-order valence-electron chi connectivity index (χ2n) is 9.36. The number of rotatable bonds is 11. The van der Waals surface area contributed by atoms with Crippen LogP contribution in [0.4, 0.5) is 5.13 Å². The molecule has 11 nitrogen and oxygen atoms in total. The lowest BCUT2D eigenvalue weighted by molar-refractivity contribution is -0.110. The van der Waals surface area contributed by atoms with Gasteiger partial charge in [0.1, 0.15) is 23.1 Å². The molecule has 0 spiro atoms. The van der Waals surface area contributed by atoms with Crippen molar-refractivity contribution in [1.29, 1.82) is 0 Å². The molecule has 0 radical (unpaired) electrons. The zero-order chi connectivity index (χ0) is 26.7. The van der Waals surface area contributed by atoms with E-state index in [-0.39, 0.29) is 35.2 Å². The molecule has 1 atom stereocenters. The van der Waals surface area contributed by atoms with E-state index in [1.165, 1.54) is 35.6 Å². The van der Waals surface area contributed by atoms with Gasteiger partial charge in [0.05, 0.1) is 10.1 Å². The summed E-state index contributed by atoms with van der Waals surface area (Å²) < 4.78 is 31.1. The number of hydrogen-bond acceptors (Lipinski definition) is 11. The molecular formula is C25H29N5O6S2. The molecule has 38 heavy (non-hydrogen) atoms. The number of hydrogen-bond donors (Lipinski definition) is 2. The number of nitrogens with zero attached hydrogens (tertiary/aromatic N) is 4. The maximum absolute atomic E-state index is 13.2. The molecule has 1 saturated heterocycles. The van der Waals surface area contributed by atoms with E-state index in [2.05, 4.69) is 32.4 Å². The van der Waals surface area contributed by atoms with E-state index in [1.54, 1.807) is 12.1 Å². The zero-order valence-electron chi connectivity index (χ0n) is 20.9. The Kier molecular flexibility index (Phi) is 7.88. The molecule has 0 unspecified atom stereocenters. The largest absolute Gasteiger partial charge is 0.473 e. The highest BCUT2D eigenvalue weighted by atomic mass is 32.2. The molecule has 1 amide bonds. The summed E-state index contributed by atoms with van der Waals surface area (Å²) >= 11 is 1.21. The minimum absolute atomic E-state index is 0.0418. The number of aliphatic hydroxyl groups excluding tert-OH is 1. The highest BCUT2D eigenvalue weighted by Gasteiger charge is 2.36. The second-order valence-corrected chi connectivity index (χ2v) is 12.6. The van der Waals surface area contributed by atoms with Gasteiger partial charge in [0.25, 0.3) is 5.91 Å². The van der Waals surface area contributed by atoms with E-state index < -0.39 is 15.7 Å². The van der Waals surface area contributed by atoms with Crippen molar-refractivity contribution in [2.24, 2.45) is 5.16 Å². The Morgan fingerprint density at radius 2 is 1.97 bits per heavy atom. The number of pyridine rings is 1. The molecule has 3 heterocycles. The number of ether oxygens (including phenoxy) is 1. The summed E-state index contributed by atoms with van der Waals surface area (Å²) in [5, 5.41) is 15.7. The van der Waals surface area contributed by atoms with Crippen LogP contribution in [0.1, 0.15) is 31.2 Å². The second kappa shape index (κ2) is 11.3. The lowest BCUT2D eigenvalue weighted by Gasteiger charge is -2.12. The quantitative estimate of drug-likeness (QED) is 0.206. The maximum atomic E-state index is 13.2. The summed E-state index contributed by atoms with van der Waals surface area (Å²) in [5.41, 5.74) is 0.964. The average Bonchev–Trinajstić information content (AvgIpc) is 3.58. The van der Waals surface area contributed by atoms with Crippen molar-refractivity contribution in [1.82, 2.24) is 14.9 Å². The summed E-state index contributed by atoms with van der Waals surface area (Å²) in [4.78, 5) is 30.5. The van der Waals surface area contributed by atoms with Crippen LogP contribution in [-0.2, 0) is 19.5 Å². The third-order valence-electron chi connectivity index (χ3n) is 6.27. The number of thiazole rings is 1. The monoisotopic (exact) mass is 559 g/mol. The predicted octanol–water partition coefficient (Wildman–Crippen LogP) is 2.45. The average molecular weight is 560 g/mol. The van der Waals surface area contributed by atoms with Crippen molar-refractivity contribution in [2.45, 2.75) is 41.9 Å². The SMILES string of the molecule is CN1CC[C@H](Oc2ccc3nc(NC(=O)/C(=N/OCCCO)c4ccc(S(=O)(=O)C5CC5)cc4)sc3n2)C1. The van der Waals surface area contributed by atoms with Gasteiger partial charge < -0.3 is 19.6 Å². The first-order valence-corrected chi connectivity index (χ1v) is 14.8. The smallest absolute Gasteiger partial charge is 0.280 e. The lowest BCUT2D eigenvalue weighted by atomic mass is 10.1. The molecule has 13 heteroatoms. The van der Waals surface area contributed by atoms with E-state index >= 15 is 0 Å². The van der Waals surface area contributed by atoms with E-state index in [0.29, 0.717) is 46.2 Å². The van der Waals surface area contributed by atoms with Crippen molar-refractivity contribution in [3.63, 3.8) is 0 Å². The molecule has 3 aromatic rings. The fourth-order valence-corrected chi connectivity index (χ4v) is 6.56. The Morgan fingerprint density at radius 1 is 1.18 bits per heavy atom. The van der Waals surface area contributed by atoms with E-state index in [4.69, 9.17) is 14.7 Å². The standard InChI is InChI=1S/C25H29N5O6S2/c1-30-12-11-17(15-30)36-21-10-9-20-24(27-21)37-25(26-20)28-23(32)22(29-35-14-2-13-31)16-3-5-18(6-4-16)38(33,34)19-7-8-19/h3-6,9-10,17,19,31H,2,7-8,11-15H2,1H3,(H,26,28,32)/b29-22+/t17-/m0/s1. The summed E-state index contributed by atoms with van der Waals surface area (Å²) in [5.74, 6) is -0.0589. The number of oxime groups is 1. The minimum Gasteiger partial charge on any atom is -0.473 e. The molecule has 1 aliphatic carbocycles. The first-order chi connectivity index (χ1) is 18.3. The van der Waals surface area contributed by atoms with Gasteiger partial charge in [-0.2, -0.15) is 0 Å². The number of nitrogens with one attached hydrogen (secondary N) is 1. The highest BCUT2D eigenvalue weighted by Crippen LogP contribution is 2.33. The number of carbonyl (C=O) groups is 1. The molecule has 2 fully saturated rings. The third kappa shape index (κ3) is 6.12. The number of sulfone groups is 1. The van der Waals surface area contributed by atoms with Gasteiger partial charge in [-0.15, -0.1) is 0 Å². The van der Waals surface area contributed by atoms with E-state index in [1.807, 2.05) is 0 Å². The van der Waals surface area contributed by atoms with Gasteiger partial charge in [-0.3, -0.25) is 10.1 Å². The number of aliphatic hydroxyl groups is 1. The topological polar surface area (TPSA) is 143 Å². The minimum atomic E-state index is -3.36. The summed E-state index contributed by atoms with van der Waals surface area (Å²) in [6.07, 6.45) is 2.71. The first-order valence-electron chi connectivity index (χ1n) is 12.4. The molecule has 0 bridgehead atoms. The van der Waals surface area contributed by atoms with Crippen LogP contribution in [0.5, 0.6) is 5.88 Å². The van der Waals surface area contributed by atoms with E-state index in [9.17, 15) is 13.2 Å². The van der Waals surface area contributed by atoms with E-state index in [0.717, 1.165) is 19.5 Å². The highest BCUT2D eigenvalue weighted by molar-refractivity contribution is 7.92. The fraction of sp³-hybridized carbons (Fsp3) is 0.440. The number of likely N-dealkylation sites (tertiary alicyclic amines) is 1. The summed E-state index contributed by atoms with van der Waals surface area (Å²) in [7, 11) is -1.30. The number of carbonyl (C=O) groups excluding carboxylic acids is 1. The summed E-state index contributed by atoms with van der Waals surface area (Å²) in [6.45, 7) is 1.87. The van der Waals surface area contributed by atoms with Gasteiger partial charge in [-0.05, 0) is 44.5 Å². The van der Waals surface area contributed by atoms with Crippen LogP contribution in [-0.4, -0.2) is 84.7 Å². The van der Waals surface area contributed by atoms with Crippen LogP contribution in [0, 0.1) is 0 Å². The Morgan fingerprint density at radius 3 is 2.66 bits per heavy atom. The van der Waals surface area contributed by atoms with Crippen LogP contribution in [0.2, 0.25) is 0 Å². The van der Waals surface area contributed by atoms with Crippen molar-refractivity contribution in [2.75, 3.05) is 38.7 Å². The van der Waals surface area contributed by atoms with Gasteiger partial charge in [0.15, 0.2) is 20.7 Å². The van der Waals surface area contributed by atoms with Crippen molar-refractivity contribution < 1.29 is 27.9 Å². The Labute approximate surface area is 224 Å². The number of aromatic nitrogens is 2. The van der Waals surface area contributed by atoms with Crippen LogP contribution in [0.25, 0.3) is 10.3 Å². The van der Waals surface area contributed by atoms with Crippen LogP contribution in [0.3, 0.4) is 0 Å². The van der Waals surface area contributed by atoms with Gasteiger partial charge >= 0.3 is 0 Å². The molecule has 2 N–H and O–H groups in total. The molecule has 202 valence electrons. The van der Waals surface area contributed by atoms with Crippen molar-refractivity contribution >= 4 is 48.3 Å². The fourth-order valence-electron chi connectivity index (χ4n) is 4.07. The summed E-state index contributed by atoms with van der Waals surface area (Å²) in [6, 6.07) is 9.59. The molecule has 1 aromatic carbocycles. The first kappa shape index (κ1) is 26.5. The lowest BCUT2D eigenvalue weighted by Crippen LogP contribution is -2.24. The number of fused-ring (bicyclic) bond motifs is 1. The molecule has 2 aromatic heterocycles. The number of anilines is 1. The van der Waals surface area contributed by atoms with Gasteiger partial charge in [0, 0.05) is 37.7 Å². The van der Waals surface area contributed by atoms with Gasteiger partial charge in [0.2, 0.25) is 5.88 Å². The van der Waals surface area contributed by atoms with Crippen LogP contribution < -0.4 is 10.1 Å². The maximum Gasteiger partial charge on any atom is 0.280 e. The van der Waals surface area contributed by atoms with Crippen LogP contribution >= 0.6 is 11.3 Å². The molecular weight excluding hydrogens is 530 g/mol. The molecule has 1 saturated carbocycles. The predicted molar refractivity (Wildman–Crippen MR) is 143 cm³/mol. The Balaban J connectivity index is 1.33. The third-order valence-corrected chi connectivity index (χ3v) is 9.43. The number of benzene rings is 1. The molecule has 1 aliphatic heterocycles. The normalized spacial score (nSPS) is 18.6. The zero-order valence-corrected chi connectivity index (χ0v) is 22.5. The van der Waals surface area contributed by atoms with Gasteiger partial charge in [-0.1, -0.05) is 28.6 Å². The molecule has 2 aliphatic rings. The Bertz CT molecular complexity index is 1440. The van der Waals surface area contributed by atoms with Crippen molar-refractivity contribution in [3.8, 4) is 5.88 Å².